The van der Waals surface area contributed by atoms with Crippen LogP contribution >= 0.6 is 0 Å². The second kappa shape index (κ2) is 3.94. The third-order valence-electron chi connectivity index (χ3n) is 2.46. The van der Waals surface area contributed by atoms with E-state index in [1.54, 1.807) is 0 Å². The lowest BCUT2D eigenvalue weighted by molar-refractivity contribution is -0.130. The fourth-order valence-corrected chi connectivity index (χ4v) is 1.66. The van der Waals surface area contributed by atoms with E-state index in [1.807, 2.05) is 36.5 Å². The SMILES string of the molecule is Cc1cccc(CN2C(=O)NC(=O)C2O)c1. The molecule has 16 heavy (non-hydrogen) atoms. The molecule has 2 rings (SSSR count). The normalized spacial score (nSPS) is 20.1. The first-order valence-corrected chi connectivity index (χ1v) is 4.93. The molecule has 1 aromatic carbocycles. The summed E-state index contributed by atoms with van der Waals surface area (Å²) in [6, 6.07) is 7.00. The largest absolute Gasteiger partial charge is 0.365 e. The summed E-state index contributed by atoms with van der Waals surface area (Å²) >= 11 is 0. The quantitative estimate of drug-likeness (QED) is 0.707. The van der Waals surface area contributed by atoms with Crippen LogP contribution in [0.2, 0.25) is 0 Å². The van der Waals surface area contributed by atoms with Crippen LogP contribution in [0.5, 0.6) is 0 Å². The first kappa shape index (κ1) is 10.6. The highest BCUT2D eigenvalue weighted by molar-refractivity contribution is 6.03. The van der Waals surface area contributed by atoms with Crippen LogP contribution in [0.25, 0.3) is 0 Å². The van der Waals surface area contributed by atoms with Crippen LogP contribution in [0.1, 0.15) is 11.1 Å². The van der Waals surface area contributed by atoms with Gasteiger partial charge in [0, 0.05) is 0 Å². The summed E-state index contributed by atoms with van der Waals surface area (Å²) in [5.41, 5.74) is 1.95. The summed E-state index contributed by atoms with van der Waals surface area (Å²) < 4.78 is 0. The topological polar surface area (TPSA) is 69.6 Å². The van der Waals surface area contributed by atoms with Crippen molar-refractivity contribution in [1.82, 2.24) is 10.2 Å². The van der Waals surface area contributed by atoms with E-state index >= 15 is 0 Å². The third kappa shape index (κ3) is 1.90. The van der Waals surface area contributed by atoms with Crippen molar-refractivity contribution >= 4 is 11.9 Å². The van der Waals surface area contributed by atoms with Gasteiger partial charge in [0.15, 0.2) is 0 Å². The first-order chi connectivity index (χ1) is 7.58. The van der Waals surface area contributed by atoms with Gasteiger partial charge in [-0.3, -0.25) is 15.0 Å². The molecule has 1 saturated heterocycles. The van der Waals surface area contributed by atoms with Crippen LogP contribution in [-0.2, 0) is 11.3 Å². The Bertz CT molecular complexity index is 445. The minimum atomic E-state index is -1.38. The van der Waals surface area contributed by atoms with Gasteiger partial charge in [0.05, 0.1) is 6.54 Å². The van der Waals surface area contributed by atoms with Gasteiger partial charge in [-0.15, -0.1) is 0 Å². The average Bonchev–Trinajstić information content (AvgIpc) is 2.45. The van der Waals surface area contributed by atoms with Gasteiger partial charge in [-0.05, 0) is 12.5 Å². The monoisotopic (exact) mass is 220 g/mol. The molecular formula is C11H12N2O3. The maximum Gasteiger partial charge on any atom is 0.326 e. The molecule has 1 aliphatic rings. The van der Waals surface area contributed by atoms with E-state index < -0.39 is 18.2 Å². The van der Waals surface area contributed by atoms with Gasteiger partial charge in [0.25, 0.3) is 5.91 Å². The Morgan fingerprint density at radius 1 is 1.44 bits per heavy atom. The molecule has 1 aliphatic heterocycles. The van der Waals surface area contributed by atoms with E-state index in [4.69, 9.17) is 0 Å². The number of rotatable bonds is 2. The van der Waals surface area contributed by atoms with Gasteiger partial charge >= 0.3 is 6.03 Å². The second-order valence-electron chi connectivity index (χ2n) is 3.79. The number of benzene rings is 1. The summed E-state index contributed by atoms with van der Waals surface area (Å²) in [5.74, 6) is -0.669. The molecule has 1 aromatic rings. The number of nitrogens with zero attached hydrogens (tertiary/aromatic N) is 1. The summed E-state index contributed by atoms with van der Waals surface area (Å²) in [6.07, 6.45) is -1.38. The average molecular weight is 220 g/mol. The molecule has 1 heterocycles. The van der Waals surface area contributed by atoms with Crippen LogP contribution in [0.15, 0.2) is 24.3 Å². The smallest absolute Gasteiger partial charge is 0.326 e. The number of hydrogen-bond donors (Lipinski definition) is 2. The molecule has 0 aromatic heterocycles. The number of amides is 3. The number of aliphatic hydroxyl groups excluding tert-OH is 1. The second-order valence-corrected chi connectivity index (χ2v) is 3.79. The van der Waals surface area contributed by atoms with Crippen molar-refractivity contribution in [1.29, 1.82) is 0 Å². The summed E-state index contributed by atoms with van der Waals surface area (Å²) in [7, 11) is 0. The lowest BCUT2D eigenvalue weighted by atomic mass is 10.1. The van der Waals surface area contributed by atoms with Crippen molar-refractivity contribution < 1.29 is 14.7 Å². The molecule has 1 unspecified atom stereocenters. The zero-order chi connectivity index (χ0) is 11.7. The van der Waals surface area contributed by atoms with Crippen LogP contribution in [0.4, 0.5) is 4.79 Å². The van der Waals surface area contributed by atoms with Crippen molar-refractivity contribution in [3.05, 3.63) is 35.4 Å². The van der Waals surface area contributed by atoms with Crippen molar-refractivity contribution in [2.45, 2.75) is 19.7 Å². The number of aliphatic hydroxyl groups is 1. The molecule has 0 spiro atoms. The van der Waals surface area contributed by atoms with Crippen molar-refractivity contribution in [2.24, 2.45) is 0 Å². The molecule has 3 amide bonds. The molecule has 0 radical (unpaired) electrons. The van der Waals surface area contributed by atoms with Crippen molar-refractivity contribution in [2.75, 3.05) is 0 Å². The van der Waals surface area contributed by atoms with E-state index in [0.717, 1.165) is 16.0 Å². The summed E-state index contributed by atoms with van der Waals surface area (Å²) in [5, 5.41) is 11.5. The third-order valence-corrected chi connectivity index (χ3v) is 2.46. The predicted octanol–water partition coefficient (Wildman–Crippen LogP) is 0.365. The molecule has 1 atom stereocenters. The fraction of sp³-hybridized carbons (Fsp3) is 0.273. The Morgan fingerprint density at radius 3 is 2.75 bits per heavy atom. The predicted molar refractivity (Wildman–Crippen MR) is 56.3 cm³/mol. The molecule has 0 aliphatic carbocycles. The van der Waals surface area contributed by atoms with E-state index in [-0.39, 0.29) is 6.54 Å². The van der Waals surface area contributed by atoms with Crippen molar-refractivity contribution in [3.8, 4) is 0 Å². The molecular weight excluding hydrogens is 208 g/mol. The molecule has 0 saturated carbocycles. The highest BCUT2D eigenvalue weighted by atomic mass is 16.3. The number of hydrogen-bond acceptors (Lipinski definition) is 3. The van der Waals surface area contributed by atoms with Crippen LogP contribution < -0.4 is 5.32 Å². The Hall–Kier alpha value is -1.88. The summed E-state index contributed by atoms with van der Waals surface area (Å²) in [4.78, 5) is 23.4. The Labute approximate surface area is 92.7 Å². The molecule has 5 nitrogen and oxygen atoms in total. The van der Waals surface area contributed by atoms with Crippen LogP contribution in [0, 0.1) is 6.92 Å². The Morgan fingerprint density at radius 2 is 2.19 bits per heavy atom. The molecule has 1 fully saturated rings. The lowest BCUT2D eigenvalue weighted by Gasteiger charge is -2.17. The minimum absolute atomic E-state index is 0.223. The number of carbonyl (C=O) groups excluding carboxylic acids is 2. The van der Waals surface area contributed by atoms with Gasteiger partial charge in [-0.1, -0.05) is 29.8 Å². The highest BCUT2D eigenvalue weighted by Crippen LogP contribution is 2.13. The standard InChI is InChI=1S/C11H12N2O3/c1-7-3-2-4-8(5-7)6-13-10(15)9(14)12-11(13)16/h2-5,10,15H,6H2,1H3,(H,12,14,16). The molecule has 84 valence electrons. The van der Waals surface area contributed by atoms with E-state index in [9.17, 15) is 14.7 Å². The van der Waals surface area contributed by atoms with Crippen molar-refractivity contribution in [3.63, 3.8) is 0 Å². The lowest BCUT2D eigenvalue weighted by Crippen LogP contribution is -2.34. The van der Waals surface area contributed by atoms with Crippen LogP contribution in [-0.4, -0.2) is 28.2 Å². The maximum absolute atomic E-state index is 11.3. The number of urea groups is 1. The fourth-order valence-electron chi connectivity index (χ4n) is 1.66. The number of carbonyl (C=O) groups is 2. The number of nitrogens with one attached hydrogen (secondary N) is 1. The zero-order valence-corrected chi connectivity index (χ0v) is 8.80. The zero-order valence-electron chi connectivity index (χ0n) is 8.80. The first-order valence-electron chi connectivity index (χ1n) is 4.93. The minimum Gasteiger partial charge on any atom is -0.365 e. The van der Waals surface area contributed by atoms with E-state index in [1.165, 1.54) is 0 Å². The van der Waals surface area contributed by atoms with Gasteiger partial charge in [0.2, 0.25) is 6.23 Å². The van der Waals surface area contributed by atoms with Crippen LogP contribution in [0.3, 0.4) is 0 Å². The summed E-state index contributed by atoms with van der Waals surface area (Å²) in [6.45, 7) is 2.16. The van der Waals surface area contributed by atoms with Gasteiger partial charge in [-0.25, -0.2) is 4.79 Å². The number of imide groups is 1. The van der Waals surface area contributed by atoms with E-state index in [2.05, 4.69) is 0 Å². The Balaban J connectivity index is 2.16. The maximum atomic E-state index is 11.3. The van der Waals surface area contributed by atoms with Gasteiger partial charge < -0.3 is 5.11 Å². The molecule has 2 N–H and O–H groups in total. The molecule has 0 bridgehead atoms. The van der Waals surface area contributed by atoms with E-state index in [0.29, 0.717) is 0 Å². The van der Waals surface area contributed by atoms with Gasteiger partial charge in [0.1, 0.15) is 0 Å². The number of aryl methyl sites for hydroxylation is 1. The molecule has 5 heteroatoms. The Kier molecular flexibility index (Phi) is 2.62. The highest BCUT2D eigenvalue weighted by Gasteiger charge is 2.36. The van der Waals surface area contributed by atoms with Gasteiger partial charge in [-0.2, -0.15) is 0 Å².